The Morgan fingerprint density at radius 1 is 1.62 bits per heavy atom. The van der Waals surface area contributed by atoms with Crippen molar-refractivity contribution in [2.24, 2.45) is 0 Å². The summed E-state index contributed by atoms with van der Waals surface area (Å²) in [7, 11) is 0. The maximum atomic E-state index is 11.5. The van der Waals surface area contributed by atoms with Crippen molar-refractivity contribution in [1.29, 1.82) is 0 Å². The highest BCUT2D eigenvalue weighted by atomic mass is 16.3. The molecule has 1 rings (SSSR count). The van der Waals surface area contributed by atoms with Crippen LogP contribution in [-0.2, 0) is 0 Å². The maximum Gasteiger partial charge on any atom is 0.255 e. The first-order valence-electron chi connectivity index (χ1n) is 5.20. The first kappa shape index (κ1) is 12.4. The molecule has 0 aromatic carbocycles. The highest BCUT2D eigenvalue weighted by Crippen LogP contribution is 2.13. The number of carbonyl (C=O) groups is 1. The summed E-state index contributed by atoms with van der Waals surface area (Å²) in [6, 6.07) is 1.46. The van der Waals surface area contributed by atoms with Gasteiger partial charge < -0.3 is 15.5 Å². The van der Waals surface area contributed by atoms with Crippen molar-refractivity contribution < 1.29 is 15.0 Å². The second-order valence-electron chi connectivity index (χ2n) is 3.64. The van der Waals surface area contributed by atoms with Gasteiger partial charge in [0, 0.05) is 12.7 Å². The van der Waals surface area contributed by atoms with Gasteiger partial charge in [-0.15, -0.1) is 0 Å². The third kappa shape index (κ3) is 3.86. The van der Waals surface area contributed by atoms with E-state index in [-0.39, 0.29) is 23.3 Å². The SMILES string of the molecule is CC(O)CCCNC(=O)c1ccncc1O. The molecule has 1 aromatic rings. The average molecular weight is 224 g/mol. The molecule has 0 radical (unpaired) electrons. The van der Waals surface area contributed by atoms with Gasteiger partial charge in [-0.25, -0.2) is 0 Å². The number of aromatic nitrogens is 1. The smallest absolute Gasteiger partial charge is 0.255 e. The van der Waals surface area contributed by atoms with Gasteiger partial charge in [0.2, 0.25) is 0 Å². The zero-order valence-corrected chi connectivity index (χ0v) is 9.18. The molecule has 88 valence electrons. The van der Waals surface area contributed by atoms with Gasteiger partial charge in [-0.05, 0) is 25.8 Å². The Balaban J connectivity index is 2.39. The number of aliphatic hydroxyl groups excluding tert-OH is 1. The molecule has 1 amide bonds. The molecule has 1 atom stereocenters. The lowest BCUT2D eigenvalue weighted by molar-refractivity contribution is 0.0947. The lowest BCUT2D eigenvalue weighted by atomic mass is 10.2. The van der Waals surface area contributed by atoms with E-state index in [1.165, 1.54) is 18.5 Å². The van der Waals surface area contributed by atoms with Crippen LogP contribution >= 0.6 is 0 Å². The lowest BCUT2D eigenvalue weighted by Crippen LogP contribution is -2.25. The van der Waals surface area contributed by atoms with Crippen LogP contribution in [0.25, 0.3) is 0 Å². The number of nitrogens with one attached hydrogen (secondary N) is 1. The predicted octanol–water partition coefficient (Wildman–Crippen LogP) is 0.678. The van der Waals surface area contributed by atoms with Crippen molar-refractivity contribution in [3.8, 4) is 5.75 Å². The number of hydrogen-bond donors (Lipinski definition) is 3. The summed E-state index contributed by atoms with van der Waals surface area (Å²) in [6.45, 7) is 2.18. The molecular formula is C11H16N2O3. The molecule has 0 saturated carbocycles. The number of aromatic hydroxyl groups is 1. The van der Waals surface area contributed by atoms with E-state index in [1.54, 1.807) is 6.92 Å². The van der Waals surface area contributed by atoms with Crippen LogP contribution in [0.1, 0.15) is 30.1 Å². The molecule has 0 aliphatic carbocycles. The number of rotatable bonds is 5. The molecule has 0 spiro atoms. The van der Waals surface area contributed by atoms with E-state index in [1.807, 2.05) is 0 Å². The number of aliphatic hydroxyl groups is 1. The second-order valence-corrected chi connectivity index (χ2v) is 3.64. The van der Waals surface area contributed by atoms with Crippen molar-refractivity contribution in [3.05, 3.63) is 24.0 Å². The van der Waals surface area contributed by atoms with Crippen LogP contribution in [0.2, 0.25) is 0 Å². The number of amides is 1. The van der Waals surface area contributed by atoms with Crippen LogP contribution in [0, 0.1) is 0 Å². The fourth-order valence-corrected chi connectivity index (χ4v) is 1.27. The number of nitrogens with zero attached hydrogens (tertiary/aromatic N) is 1. The number of pyridine rings is 1. The first-order chi connectivity index (χ1) is 7.61. The zero-order valence-electron chi connectivity index (χ0n) is 9.18. The van der Waals surface area contributed by atoms with E-state index in [4.69, 9.17) is 5.11 Å². The molecule has 0 bridgehead atoms. The Hall–Kier alpha value is -1.62. The largest absolute Gasteiger partial charge is 0.505 e. The monoisotopic (exact) mass is 224 g/mol. The minimum absolute atomic E-state index is 0.129. The second kappa shape index (κ2) is 6.07. The molecule has 1 unspecified atom stereocenters. The normalized spacial score (nSPS) is 12.1. The van der Waals surface area contributed by atoms with Crippen LogP contribution < -0.4 is 5.32 Å². The summed E-state index contributed by atoms with van der Waals surface area (Å²) in [5.41, 5.74) is 0.215. The molecule has 0 aliphatic rings. The summed E-state index contributed by atoms with van der Waals surface area (Å²) < 4.78 is 0. The van der Waals surface area contributed by atoms with Crippen LogP contribution in [0.15, 0.2) is 18.5 Å². The third-order valence-electron chi connectivity index (χ3n) is 2.13. The van der Waals surface area contributed by atoms with E-state index >= 15 is 0 Å². The minimum atomic E-state index is -0.355. The van der Waals surface area contributed by atoms with Crippen molar-refractivity contribution in [2.45, 2.75) is 25.9 Å². The Labute approximate surface area is 94.1 Å². The minimum Gasteiger partial charge on any atom is -0.505 e. The van der Waals surface area contributed by atoms with Gasteiger partial charge in [0.05, 0.1) is 17.9 Å². The van der Waals surface area contributed by atoms with Crippen LogP contribution in [-0.4, -0.2) is 33.8 Å². The van der Waals surface area contributed by atoms with Crippen LogP contribution in [0.5, 0.6) is 5.75 Å². The Morgan fingerprint density at radius 3 is 3.00 bits per heavy atom. The Morgan fingerprint density at radius 2 is 2.38 bits per heavy atom. The van der Waals surface area contributed by atoms with Crippen LogP contribution in [0.4, 0.5) is 0 Å². The van der Waals surface area contributed by atoms with Crippen molar-refractivity contribution >= 4 is 5.91 Å². The topological polar surface area (TPSA) is 82.5 Å². The predicted molar refractivity (Wildman–Crippen MR) is 59.1 cm³/mol. The highest BCUT2D eigenvalue weighted by Gasteiger charge is 2.09. The quantitative estimate of drug-likeness (QED) is 0.642. The molecule has 1 aromatic heterocycles. The van der Waals surface area contributed by atoms with Gasteiger partial charge in [0.25, 0.3) is 5.91 Å². The molecule has 0 fully saturated rings. The van der Waals surface area contributed by atoms with E-state index < -0.39 is 0 Å². The molecule has 16 heavy (non-hydrogen) atoms. The van der Waals surface area contributed by atoms with E-state index in [2.05, 4.69) is 10.3 Å². The molecule has 5 heteroatoms. The summed E-state index contributed by atoms with van der Waals surface area (Å²) in [4.78, 5) is 15.2. The third-order valence-corrected chi connectivity index (χ3v) is 2.13. The van der Waals surface area contributed by atoms with Crippen molar-refractivity contribution in [1.82, 2.24) is 10.3 Å². The molecule has 3 N–H and O–H groups in total. The number of hydrogen-bond acceptors (Lipinski definition) is 4. The van der Waals surface area contributed by atoms with Gasteiger partial charge in [-0.2, -0.15) is 0 Å². The van der Waals surface area contributed by atoms with Crippen molar-refractivity contribution in [3.63, 3.8) is 0 Å². The Kier molecular flexibility index (Phi) is 4.72. The standard InChI is InChI=1S/C11H16N2O3/c1-8(14)3-2-5-13-11(16)9-4-6-12-7-10(9)15/h4,6-8,14-15H,2-3,5H2,1H3,(H,13,16). The van der Waals surface area contributed by atoms with Gasteiger partial charge in [0.1, 0.15) is 5.75 Å². The summed E-state index contributed by atoms with van der Waals surface area (Å²) in [6.07, 6.45) is 3.67. The fraction of sp³-hybridized carbons (Fsp3) is 0.455. The molecule has 0 saturated heterocycles. The highest BCUT2D eigenvalue weighted by molar-refractivity contribution is 5.96. The first-order valence-corrected chi connectivity index (χ1v) is 5.20. The zero-order chi connectivity index (χ0) is 12.0. The van der Waals surface area contributed by atoms with Gasteiger partial charge in [0.15, 0.2) is 0 Å². The van der Waals surface area contributed by atoms with Crippen LogP contribution in [0.3, 0.4) is 0 Å². The van der Waals surface area contributed by atoms with E-state index in [0.29, 0.717) is 19.4 Å². The number of carbonyl (C=O) groups excluding carboxylic acids is 1. The average Bonchev–Trinajstić information content (AvgIpc) is 2.24. The summed E-state index contributed by atoms with van der Waals surface area (Å²) in [5.74, 6) is -0.457. The molecule has 1 heterocycles. The lowest BCUT2D eigenvalue weighted by Gasteiger charge is -2.07. The molecule has 5 nitrogen and oxygen atoms in total. The van der Waals surface area contributed by atoms with Crippen molar-refractivity contribution in [2.75, 3.05) is 6.54 Å². The van der Waals surface area contributed by atoms with E-state index in [0.717, 1.165) is 0 Å². The Bertz CT molecular complexity index is 353. The van der Waals surface area contributed by atoms with Gasteiger partial charge in [-0.1, -0.05) is 0 Å². The maximum absolute atomic E-state index is 11.5. The van der Waals surface area contributed by atoms with Gasteiger partial charge in [-0.3, -0.25) is 9.78 Å². The fourth-order valence-electron chi connectivity index (χ4n) is 1.27. The van der Waals surface area contributed by atoms with E-state index in [9.17, 15) is 9.90 Å². The molecular weight excluding hydrogens is 208 g/mol. The molecule has 0 aliphatic heterocycles. The van der Waals surface area contributed by atoms with Gasteiger partial charge >= 0.3 is 0 Å². The summed E-state index contributed by atoms with van der Waals surface area (Å²) >= 11 is 0. The summed E-state index contributed by atoms with van der Waals surface area (Å²) in [5, 5.41) is 21.0.